The van der Waals surface area contributed by atoms with Crippen molar-refractivity contribution >= 4 is 7.60 Å². The monoisotopic (exact) mass is 262 g/mol. The molecule has 0 rings (SSSR count). The summed E-state index contributed by atoms with van der Waals surface area (Å²) in [5, 5.41) is 53.5. The van der Waals surface area contributed by atoms with Gasteiger partial charge in [0.15, 0.2) is 5.85 Å². The van der Waals surface area contributed by atoms with Crippen molar-refractivity contribution in [1.82, 2.24) is 0 Å². The van der Waals surface area contributed by atoms with E-state index in [-0.39, 0.29) is 0 Å². The predicted octanol–water partition coefficient (Wildman–Crippen LogP) is -4.08. The normalized spacial score (nSPS) is 22.2. The van der Waals surface area contributed by atoms with E-state index in [4.69, 9.17) is 40.4 Å². The molecule has 0 amide bonds. The Morgan fingerprint density at radius 2 is 1.31 bits per heavy atom. The topological polar surface area (TPSA) is 179 Å². The van der Waals surface area contributed by atoms with Gasteiger partial charge in [0.1, 0.15) is 24.4 Å². The third kappa shape index (κ3) is 4.06. The fourth-order valence-electron chi connectivity index (χ4n) is 0.913. The average molecular weight is 262 g/mol. The van der Waals surface area contributed by atoms with Crippen LogP contribution < -0.4 is 0 Å². The highest BCUT2D eigenvalue weighted by molar-refractivity contribution is 7.52. The number of hydrogen-bond acceptors (Lipinski definition) is 7. The number of rotatable bonds is 6. The van der Waals surface area contributed by atoms with Gasteiger partial charge in [-0.1, -0.05) is 0 Å². The second-order valence-electron chi connectivity index (χ2n) is 3.22. The summed E-state index contributed by atoms with van der Waals surface area (Å²) in [5.41, 5.74) is 0. The summed E-state index contributed by atoms with van der Waals surface area (Å²) in [6, 6.07) is 0. The molecule has 16 heavy (non-hydrogen) atoms. The summed E-state index contributed by atoms with van der Waals surface area (Å²) in [7, 11) is -5.05. The van der Waals surface area contributed by atoms with E-state index in [1.807, 2.05) is 0 Å². The first-order valence-corrected chi connectivity index (χ1v) is 5.87. The van der Waals surface area contributed by atoms with E-state index < -0.39 is 44.5 Å². The number of aliphatic hydroxyl groups is 6. The van der Waals surface area contributed by atoms with E-state index in [1.165, 1.54) is 0 Å². The molecule has 5 atom stereocenters. The Morgan fingerprint density at radius 3 is 1.62 bits per heavy atom. The van der Waals surface area contributed by atoms with Crippen molar-refractivity contribution in [2.75, 3.05) is 6.61 Å². The molecule has 1 unspecified atom stereocenters. The first kappa shape index (κ1) is 15.9. The van der Waals surface area contributed by atoms with Crippen LogP contribution in [0.5, 0.6) is 0 Å². The van der Waals surface area contributed by atoms with Crippen LogP contribution in [0, 0.1) is 0 Å². The maximum atomic E-state index is 10.5. The molecule has 0 aliphatic carbocycles. The van der Waals surface area contributed by atoms with Crippen LogP contribution in [0.4, 0.5) is 0 Å². The molecule has 0 radical (unpaired) electrons. The Morgan fingerprint density at radius 1 is 0.875 bits per heavy atom. The van der Waals surface area contributed by atoms with Crippen molar-refractivity contribution in [2.45, 2.75) is 30.3 Å². The highest BCUT2D eigenvalue weighted by Gasteiger charge is 2.41. The van der Waals surface area contributed by atoms with Gasteiger partial charge in [-0.25, -0.2) is 0 Å². The molecule has 0 aromatic rings. The number of hydrogen-bond donors (Lipinski definition) is 8. The van der Waals surface area contributed by atoms with Gasteiger partial charge in [0.05, 0.1) is 6.61 Å². The van der Waals surface area contributed by atoms with Gasteiger partial charge in [-0.15, -0.1) is 0 Å². The van der Waals surface area contributed by atoms with E-state index >= 15 is 0 Å². The molecule has 9 nitrogen and oxygen atoms in total. The number of aliphatic hydroxyl groups excluding tert-OH is 6. The van der Waals surface area contributed by atoms with Crippen LogP contribution >= 0.6 is 7.60 Å². The highest BCUT2D eigenvalue weighted by atomic mass is 31.2. The van der Waals surface area contributed by atoms with Crippen LogP contribution in [-0.4, -0.2) is 77.3 Å². The van der Waals surface area contributed by atoms with Crippen LogP contribution in [0.25, 0.3) is 0 Å². The van der Waals surface area contributed by atoms with E-state index in [0.29, 0.717) is 0 Å². The Balaban J connectivity index is 4.61. The third-order valence-corrected chi connectivity index (χ3v) is 2.93. The predicted molar refractivity (Wildman–Crippen MR) is 49.2 cm³/mol. The van der Waals surface area contributed by atoms with Crippen LogP contribution in [-0.2, 0) is 4.57 Å². The van der Waals surface area contributed by atoms with Gasteiger partial charge < -0.3 is 40.4 Å². The third-order valence-electron chi connectivity index (χ3n) is 1.93. The quantitative estimate of drug-likeness (QED) is 0.221. The second-order valence-corrected chi connectivity index (χ2v) is 4.93. The van der Waals surface area contributed by atoms with Crippen LogP contribution in [0.3, 0.4) is 0 Å². The minimum Gasteiger partial charge on any atom is -0.394 e. The van der Waals surface area contributed by atoms with Crippen molar-refractivity contribution in [3.63, 3.8) is 0 Å². The lowest BCUT2D eigenvalue weighted by atomic mass is 10.0. The van der Waals surface area contributed by atoms with Crippen LogP contribution in [0.15, 0.2) is 0 Å². The van der Waals surface area contributed by atoms with Gasteiger partial charge in [0.2, 0.25) is 0 Å². The molecular weight excluding hydrogens is 247 g/mol. The lowest BCUT2D eigenvalue weighted by molar-refractivity contribution is -0.131. The lowest BCUT2D eigenvalue weighted by Gasteiger charge is -2.28. The zero-order valence-electron chi connectivity index (χ0n) is 8.03. The van der Waals surface area contributed by atoms with Crippen LogP contribution in [0.2, 0.25) is 0 Å². The lowest BCUT2D eigenvalue weighted by Crippen LogP contribution is -2.49. The van der Waals surface area contributed by atoms with Crippen molar-refractivity contribution in [3.05, 3.63) is 0 Å². The summed E-state index contributed by atoms with van der Waals surface area (Å²) in [6.07, 6.45) is -8.45. The molecule has 0 aromatic carbocycles. The molecule has 0 aromatic heterocycles. The Hall–Kier alpha value is -0.0900. The van der Waals surface area contributed by atoms with E-state index in [9.17, 15) is 4.57 Å². The van der Waals surface area contributed by atoms with Crippen molar-refractivity contribution in [2.24, 2.45) is 0 Å². The van der Waals surface area contributed by atoms with E-state index in [2.05, 4.69) is 0 Å². The van der Waals surface area contributed by atoms with E-state index in [1.54, 1.807) is 0 Å². The molecule has 0 aliphatic rings. The van der Waals surface area contributed by atoms with E-state index in [0.717, 1.165) is 0 Å². The van der Waals surface area contributed by atoms with Gasteiger partial charge in [-0.05, 0) is 0 Å². The molecule has 0 heterocycles. The first-order valence-electron chi connectivity index (χ1n) is 4.19. The second kappa shape index (κ2) is 6.01. The fourth-order valence-corrected chi connectivity index (χ4v) is 1.49. The van der Waals surface area contributed by atoms with Gasteiger partial charge >= 0.3 is 7.60 Å². The average Bonchev–Trinajstić information content (AvgIpc) is 2.22. The van der Waals surface area contributed by atoms with Gasteiger partial charge in [0.25, 0.3) is 0 Å². The molecular formula is C6H15O9P. The summed E-state index contributed by atoms with van der Waals surface area (Å²) < 4.78 is 10.5. The van der Waals surface area contributed by atoms with Gasteiger partial charge in [0, 0.05) is 0 Å². The Labute approximate surface area is 90.4 Å². The van der Waals surface area contributed by atoms with Gasteiger partial charge in [-0.2, -0.15) is 0 Å². The summed E-state index contributed by atoms with van der Waals surface area (Å²) in [6.45, 7) is -0.934. The standard InChI is InChI=1S/C6H15O9P/c7-1-2(8)3(9)4(10)5(11)6(12)16(13,14)15/h2-12H,1H2,(H2,13,14,15)/t2-,3-,4+,5-,6?/m1/s1. The molecule has 0 spiro atoms. The molecule has 8 N–H and O–H groups in total. The minimum atomic E-state index is -5.05. The smallest absolute Gasteiger partial charge is 0.356 e. The molecule has 0 fully saturated rings. The Kier molecular flexibility index (Phi) is 5.98. The summed E-state index contributed by atoms with van der Waals surface area (Å²) in [4.78, 5) is 17.0. The maximum Gasteiger partial charge on any atom is 0.356 e. The Bertz CT molecular complexity index is 252. The minimum absolute atomic E-state index is 0.934. The summed E-state index contributed by atoms with van der Waals surface area (Å²) in [5.74, 6) is -2.59. The molecule has 0 saturated heterocycles. The highest BCUT2D eigenvalue weighted by Crippen LogP contribution is 2.42. The van der Waals surface area contributed by atoms with Crippen molar-refractivity contribution in [3.8, 4) is 0 Å². The maximum absolute atomic E-state index is 10.5. The molecule has 10 heteroatoms. The molecule has 0 saturated carbocycles. The fraction of sp³-hybridized carbons (Fsp3) is 1.00. The van der Waals surface area contributed by atoms with Crippen molar-refractivity contribution < 1.29 is 45.0 Å². The van der Waals surface area contributed by atoms with Gasteiger partial charge in [-0.3, -0.25) is 4.57 Å². The van der Waals surface area contributed by atoms with Crippen molar-refractivity contribution in [1.29, 1.82) is 0 Å². The summed E-state index contributed by atoms with van der Waals surface area (Å²) >= 11 is 0. The molecule has 0 aliphatic heterocycles. The van der Waals surface area contributed by atoms with Crippen LogP contribution in [0.1, 0.15) is 0 Å². The SMILES string of the molecule is O=P(O)(O)C(O)[C@H](O)[C@@H](O)[C@H](O)[C@H](O)CO. The largest absolute Gasteiger partial charge is 0.394 e. The molecule has 0 bridgehead atoms. The zero-order valence-corrected chi connectivity index (χ0v) is 8.92. The zero-order chi connectivity index (χ0) is 13.1. The first-order chi connectivity index (χ1) is 7.12. The molecule has 98 valence electrons.